The van der Waals surface area contributed by atoms with Gasteiger partial charge in [-0.15, -0.1) is 0 Å². The Bertz CT molecular complexity index is 2360. The minimum atomic E-state index is -1.78. The molecule has 3 aliphatic rings. The van der Waals surface area contributed by atoms with Gasteiger partial charge in [0.1, 0.15) is 48.1 Å². The number of esters is 2. The van der Waals surface area contributed by atoms with Crippen molar-refractivity contribution >= 4 is 64.9 Å². The lowest BCUT2D eigenvalue weighted by Gasteiger charge is -2.36. The molecule has 0 aliphatic carbocycles. The minimum Gasteiger partial charge on any atom is -0.497 e. The van der Waals surface area contributed by atoms with Gasteiger partial charge in [0.15, 0.2) is 11.9 Å². The van der Waals surface area contributed by atoms with Crippen molar-refractivity contribution in [3.05, 3.63) is 29.8 Å². The number of aliphatic hydroxyl groups is 1. The van der Waals surface area contributed by atoms with Crippen molar-refractivity contribution in [2.24, 2.45) is 29.6 Å². The van der Waals surface area contributed by atoms with E-state index in [0.29, 0.717) is 30.6 Å². The Kier molecular flexibility index (Phi) is 23.4. The van der Waals surface area contributed by atoms with Crippen molar-refractivity contribution < 1.29 is 72.1 Å². The third-order valence-corrected chi connectivity index (χ3v) is 15.3. The van der Waals surface area contributed by atoms with E-state index >= 15 is 0 Å². The first-order valence-electron chi connectivity index (χ1n) is 27.4. The number of nitrogens with one attached hydrogen (secondary N) is 3. The van der Waals surface area contributed by atoms with E-state index in [4.69, 9.17) is 14.2 Å². The Labute approximate surface area is 458 Å². The number of likely N-dealkylation sites (tertiary alicyclic amines) is 1. The summed E-state index contributed by atoms with van der Waals surface area (Å²) in [7, 11) is 4.25. The first-order chi connectivity index (χ1) is 36.6. The molecule has 0 spiro atoms. The molecule has 7 amide bonds. The number of ether oxygens (including phenoxy) is 3. The topological polar surface area (TPSA) is 285 Å². The first kappa shape index (κ1) is 64.1. The number of hydrogen-bond acceptors (Lipinski definition) is 15. The number of nitrogens with zero attached hydrogens (tertiary/aromatic N) is 4. The zero-order chi connectivity index (χ0) is 58.6. The van der Waals surface area contributed by atoms with E-state index in [9.17, 15) is 57.8 Å². The molecule has 0 bridgehead atoms. The van der Waals surface area contributed by atoms with Crippen molar-refractivity contribution in [2.75, 3.05) is 34.3 Å². The quantitative estimate of drug-likeness (QED) is 0.118. The number of carbonyl (C=O) groups is 11. The van der Waals surface area contributed by atoms with E-state index in [1.807, 2.05) is 13.8 Å². The maximum absolute atomic E-state index is 15.0. The fourth-order valence-electron chi connectivity index (χ4n) is 10.2. The molecule has 22 heteroatoms. The van der Waals surface area contributed by atoms with Crippen LogP contribution >= 0.6 is 0 Å². The van der Waals surface area contributed by atoms with Crippen LogP contribution in [0.2, 0.25) is 0 Å². The predicted octanol–water partition coefficient (Wildman–Crippen LogP) is 2.13. The van der Waals surface area contributed by atoms with E-state index in [1.54, 1.807) is 65.8 Å². The molecular weight excluding hydrogens is 1010 g/mol. The number of amides is 7. The molecule has 1 aromatic carbocycles. The Morgan fingerprint density at radius 3 is 2.05 bits per heavy atom. The van der Waals surface area contributed by atoms with Gasteiger partial charge in [-0.05, 0) is 87.3 Å². The number of fused-ring (bicyclic) bond motifs is 1. The van der Waals surface area contributed by atoms with Crippen LogP contribution in [0.5, 0.6) is 5.75 Å². The molecule has 434 valence electrons. The van der Waals surface area contributed by atoms with Crippen molar-refractivity contribution in [1.82, 2.24) is 35.6 Å². The Morgan fingerprint density at radius 2 is 1.49 bits per heavy atom. The molecule has 3 saturated heterocycles. The summed E-state index contributed by atoms with van der Waals surface area (Å²) in [6.45, 7) is 17.8. The smallest absolute Gasteiger partial charge is 0.329 e. The highest BCUT2D eigenvalue weighted by Crippen LogP contribution is 2.27. The average molecular weight is 1100 g/mol. The molecule has 0 aromatic heterocycles. The molecule has 1 aromatic rings. The fraction of sp³-hybridized carbons (Fsp3) is 0.696. The van der Waals surface area contributed by atoms with E-state index in [0.717, 1.165) is 6.92 Å². The molecule has 12 atom stereocenters. The molecule has 4 rings (SSSR count). The van der Waals surface area contributed by atoms with Crippen LogP contribution in [0.25, 0.3) is 0 Å². The monoisotopic (exact) mass is 1100 g/mol. The molecule has 3 aliphatic heterocycles. The number of ketones is 2. The van der Waals surface area contributed by atoms with E-state index in [2.05, 4.69) is 16.0 Å². The van der Waals surface area contributed by atoms with Crippen LogP contribution in [0.1, 0.15) is 127 Å². The number of aliphatic hydroxyl groups excluding tert-OH is 1. The lowest BCUT2D eigenvalue weighted by molar-refractivity contribution is -0.163. The second-order valence-corrected chi connectivity index (χ2v) is 22.3. The number of benzene rings is 1. The zero-order valence-corrected chi connectivity index (χ0v) is 48.0. The van der Waals surface area contributed by atoms with E-state index in [-0.39, 0.29) is 44.7 Å². The SMILES string of the molecule is CCC(C)C1NC(=O)C(NC(=O)C(CC(C)C)N(C)C(=O)C2CCCN2C(=O)C(C)=O)C(C)OC(=O)C(Cc2ccc(OC)cc2)N(C)C(=O)C2CCCN2C(=O)C(C(C)C)NC(=O)C(C)C(=O)C(C(C)C)OC(=O)CC1O. The lowest BCUT2D eigenvalue weighted by Crippen LogP contribution is -2.62. The number of likely N-dealkylation sites (N-methyl/N-ethyl adjacent to an activating group) is 2. The summed E-state index contributed by atoms with van der Waals surface area (Å²) >= 11 is 0. The molecule has 12 unspecified atom stereocenters. The molecular formula is C56H85N7O15. The largest absolute Gasteiger partial charge is 0.497 e. The van der Waals surface area contributed by atoms with Gasteiger partial charge < -0.3 is 54.9 Å². The van der Waals surface area contributed by atoms with Gasteiger partial charge in [-0.1, -0.05) is 73.9 Å². The zero-order valence-electron chi connectivity index (χ0n) is 48.0. The Balaban J connectivity index is 1.88. The normalized spacial score (nSPS) is 27.4. The highest BCUT2D eigenvalue weighted by atomic mass is 16.6. The van der Waals surface area contributed by atoms with Gasteiger partial charge in [-0.2, -0.15) is 0 Å². The van der Waals surface area contributed by atoms with Gasteiger partial charge in [0.25, 0.3) is 5.91 Å². The summed E-state index contributed by atoms with van der Waals surface area (Å²) in [5.74, 6) is -11.8. The van der Waals surface area contributed by atoms with Gasteiger partial charge in [0.05, 0.1) is 31.6 Å². The van der Waals surface area contributed by atoms with Crippen LogP contribution in [-0.2, 0) is 68.6 Å². The maximum Gasteiger partial charge on any atom is 0.329 e. The van der Waals surface area contributed by atoms with E-state index in [1.165, 1.54) is 54.7 Å². The van der Waals surface area contributed by atoms with Crippen molar-refractivity contribution in [2.45, 2.75) is 188 Å². The number of cyclic esters (lactones) is 2. The van der Waals surface area contributed by atoms with Gasteiger partial charge >= 0.3 is 11.9 Å². The summed E-state index contributed by atoms with van der Waals surface area (Å²) < 4.78 is 17.2. The molecule has 0 saturated carbocycles. The maximum atomic E-state index is 15.0. The Morgan fingerprint density at radius 1 is 0.859 bits per heavy atom. The minimum absolute atomic E-state index is 0.0542. The van der Waals surface area contributed by atoms with Gasteiger partial charge in [-0.25, -0.2) is 4.79 Å². The van der Waals surface area contributed by atoms with Crippen LogP contribution in [0, 0.1) is 29.6 Å². The fourth-order valence-corrected chi connectivity index (χ4v) is 10.2. The van der Waals surface area contributed by atoms with Crippen LogP contribution in [-0.4, -0.2) is 184 Å². The molecule has 4 N–H and O–H groups in total. The summed E-state index contributed by atoms with van der Waals surface area (Å²) in [6, 6.07) is -2.36. The third-order valence-electron chi connectivity index (χ3n) is 15.3. The number of rotatable bonds is 14. The summed E-state index contributed by atoms with van der Waals surface area (Å²) in [5, 5.41) is 20.0. The number of Topliss-reactive ketones (excluding diaryl/α,β-unsaturated/α-hetero) is 2. The number of methoxy groups -OCH3 is 1. The summed E-state index contributed by atoms with van der Waals surface area (Å²) in [4.78, 5) is 160. The van der Waals surface area contributed by atoms with Gasteiger partial charge in [-0.3, -0.25) is 47.9 Å². The predicted molar refractivity (Wildman–Crippen MR) is 285 cm³/mol. The first-order valence-corrected chi connectivity index (χ1v) is 27.4. The number of hydrogen-bond donors (Lipinski definition) is 4. The van der Waals surface area contributed by atoms with Gasteiger partial charge in [0, 0.05) is 40.5 Å². The van der Waals surface area contributed by atoms with Crippen molar-refractivity contribution in [3.8, 4) is 5.75 Å². The van der Waals surface area contributed by atoms with Crippen LogP contribution in [0.3, 0.4) is 0 Å². The molecule has 3 fully saturated rings. The molecule has 0 radical (unpaired) electrons. The van der Waals surface area contributed by atoms with Crippen LogP contribution in [0.15, 0.2) is 24.3 Å². The van der Waals surface area contributed by atoms with E-state index < -0.39 is 156 Å². The lowest BCUT2D eigenvalue weighted by atomic mass is 9.91. The standard InChI is InChI=1S/C56H85N7O15/c1-15-32(8)45-42(65)28-43(66)78-48(31(6)7)47(67)33(9)49(68)57-44(30(4)5)55(74)63-25-17-19-39(63)54(73)61(13)41(27-36-20-22-37(76-14)23-21-36)56(75)77-35(11)46(51(70)58-45)59-50(69)40(26-29(2)3)60(12)53(72)38-18-16-24-62(38)52(71)34(10)64/h20-23,29-33,35,38-42,44-46,48,65H,15-19,24-28H2,1-14H3,(H,57,68)(H,58,70)(H,59,69). The van der Waals surface area contributed by atoms with Crippen LogP contribution < -0.4 is 20.7 Å². The van der Waals surface area contributed by atoms with Gasteiger partial charge in [0.2, 0.25) is 41.2 Å². The highest BCUT2D eigenvalue weighted by molar-refractivity contribution is 6.35. The second-order valence-electron chi connectivity index (χ2n) is 22.3. The average Bonchev–Trinajstić information content (AvgIpc) is 4.10. The van der Waals surface area contributed by atoms with Crippen molar-refractivity contribution in [3.63, 3.8) is 0 Å². The molecule has 22 nitrogen and oxygen atoms in total. The summed E-state index contributed by atoms with van der Waals surface area (Å²) in [5.41, 5.74) is 0.564. The van der Waals surface area contributed by atoms with Crippen molar-refractivity contribution in [1.29, 1.82) is 0 Å². The molecule has 78 heavy (non-hydrogen) atoms. The Hall–Kier alpha value is -6.45. The number of carbonyl (C=O) groups excluding carboxylic acids is 11. The second kappa shape index (κ2) is 28.4. The van der Waals surface area contributed by atoms with Crippen LogP contribution in [0.4, 0.5) is 0 Å². The highest BCUT2D eigenvalue weighted by Gasteiger charge is 2.46. The third kappa shape index (κ3) is 15.9. The summed E-state index contributed by atoms with van der Waals surface area (Å²) in [6.07, 6.45) is -3.91. The molecule has 3 heterocycles.